The molecule has 0 saturated carbocycles. The normalized spacial score (nSPS) is 12.3. The molecule has 0 radical (unpaired) electrons. The van der Waals surface area contributed by atoms with Gasteiger partial charge in [0.25, 0.3) is 0 Å². The number of hydrogen-bond donors (Lipinski definition) is 2. The van der Waals surface area contributed by atoms with E-state index in [4.69, 9.17) is 14.6 Å². The third-order valence-corrected chi connectivity index (χ3v) is 3.44. The van der Waals surface area contributed by atoms with Gasteiger partial charge in [-0.3, -0.25) is 0 Å². The van der Waals surface area contributed by atoms with Crippen LogP contribution in [0.2, 0.25) is 0 Å². The van der Waals surface area contributed by atoms with Crippen LogP contribution in [-0.4, -0.2) is 55.0 Å². The zero-order chi connectivity index (χ0) is 14.1. The number of carboxylic acid groups (broad SMARTS) is 1. The Morgan fingerprint density at radius 3 is 2.58 bits per heavy atom. The van der Waals surface area contributed by atoms with E-state index in [9.17, 15) is 9.90 Å². The van der Waals surface area contributed by atoms with Crippen molar-refractivity contribution in [2.24, 2.45) is 0 Å². The topological polar surface area (TPSA) is 76.0 Å². The van der Waals surface area contributed by atoms with Crippen LogP contribution in [0.15, 0.2) is 29.2 Å². The molecule has 1 aromatic carbocycles. The van der Waals surface area contributed by atoms with Crippen LogP contribution in [0.1, 0.15) is 10.4 Å². The lowest BCUT2D eigenvalue weighted by Gasteiger charge is -2.10. The molecular formula is C13H18O5S. The van der Waals surface area contributed by atoms with Gasteiger partial charge in [-0.25, -0.2) is 4.79 Å². The third kappa shape index (κ3) is 6.58. The van der Waals surface area contributed by atoms with Gasteiger partial charge >= 0.3 is 5.97 Å². The minimum Gasteiger partial charge on any atom is -0.478 e. The second-order valence-corrected chi connectivity index (χ2v) is 4.96. The first-order chi connectivity index (χ1) is 9.13. The number of ether oxygens (including phenoxy) is 2. The van der Waals surface area contributed by atoms with Crippen molar-refractivity contribution in [3.8, 4) is 0 Å². The van der Waals surface area contributed by atoms with Gasteiger partial charge in [0.05, 0.1) is 31.5 Å². The minimum atomic E-state index is -0.942. The summed E-state index contributed by atoms with van der Waals surface area (Å²) < 4.78 is 10.0. The minimum absolute atomic E-state index is 0.257. The molecule has 6 heteroatoms. The number of aromatic carboxylic acids is 1. The predicted octanol–water partition coefficient (Wildman–Crippen LogP) is 1.50. The lowest BCUT2D eigenvalue weighted by Crippen LogP contribution is -2.19. The van der Waals surface area contributed by atoms with Crippen LogP contribution in [0.25, 0.3) is 0 Å². The molecule has 106 valence electrons. The number of hydrogen-bond acceptors (Lipinski definition) is 5. The standard InChI is InChI=1S/C13H18O5S/c1-17-6-7-18-8-11(14)9-19-12-4-2-10(3-5-12)13(15)16/h2-5,11,14H,6-9H2,1H3,(H,15,16). The molecule has 0 amide bonds. The highest BCUT2D eigenvalue weighted by Crippen LogP contribution is 2.19. The fourth-order valence-electron chi connectivity index (χ4n) is 1.30. The molecule has 1 atom stereocenters. The quantitative estimate of drug-likeness (QED) is 0.529. The van der Waals surface area contributed by atoms with Crippen molar-refractivity contribution in [3.05, 3.63) is 29.8 Å². The molecule has 0 aliphatic heterocycles. The highest BCUT2D eigenvalue weighted by Gasteiger charge is 2.06. The summed E-state index contributed by atoms with van der Waals surface area (Å²) in [7, 11) is 1.59. The molecule has 0 aliphatic rings. The summed E-state index contributed by atoms with van der Waals surface area (Å²) in [6, 6.07) is 6.55. The molecule has 2 N–H and O–H groups in total. The molecule has 1 aromatic rings. The first kappa shape index (κ1) is 16.0. The maximum atomic E-state index is 10.7. The average molecular weight is 286 g/mol. The van der Waals surface area contributed by atoms with E-state index in [0.717, 1.165) is 4.90 Å². The molecule has 19 heavy (non-hydrogen) atoms. The number of carboxylic acids is 1. The number of aliphatic hydroxyl groups excluding tert-OH is 1. The van der Waals surface area contributed by atoms with Crippen LogP contribution in [0.5, 0.6) is 0 Å². The predicted molar refractivity (Wildman–Crippen MR) is 72.8 cm³/mol. The van der Waals surface area contributed by atoms with Crippen molar-refractivity contribution < 1.29 is 24.5 Å². The van der Waals surface area contributed by atoms with Gasteiger partial charge in [-0.15, -0.1) is 11.8 Å². The Bertz CT molecular complexity index is 379. The second kappa shape index (κ2) is 8.92. The van der Waals surface area contributed by atoms with Crippen molar-refractivity contribution in [3.63, 3.8) is 0 Å². The van der Waals surface area contributed by atoms with Crippen LogP contribution in [0.4, 0.5) is 0 Å². The van der Waals surface area contributed by atoms with E-state index >= 15 is 0 Å². The van der Waals surface area contributed by atoms with Gasteiger partial charge in [-0.2, -0.15) is 0 Å². The molecule has 0 saturated heterocycles. The molecule has 0 aromatic heterocycles. The Balaban J connectivity index is 2.25. The Hall–Kier alpha value is -1.08. The summed E-state index contributed by atoms with van der Waals surface area (Å²) in [6.07, 6.45) is -0.555. The summed E-state index contributed by atoms with van der Waals surface area (Å²) in [5, 5.41) is 18.4. The van der Waals surface area contributed by atoms with E-state index in [2.05, 4.69) is 0 Å². The maximum absolute atomic E-state index is 10.7. The highest BCUT2D eigenvalue weighted by atomic mass is 32.2. The van der Waals surface area contributed by atoms with Crippen LogP contribution < -0.4 is 0 Å². The van der Waals surface area contributed by atoms with Gasteiger partial charge in [-0.05, 0) is 24.3 Å². The largest absolute Gasteiger partial charge is 0.478 e. The van der Waals surface area contributed by atoms with Crippen molar-refractivity contribution in [1.82, 2.24) is 0 Å². The monoisotopic (exact) mass is 286 g/mol. The molecule has 1 rings (SSSR count). The van der Waals surface area contributed by atoms with E-state index in [1.54, 1.807) is 31.4 Å². The number of benzene rings is 1. The van der Waals surface area contributed by atoms with Gasteiger partial charge in [0, 0.05) is 17.8 Å². The number of methoxy groups -OCH3 is 1. The molecule has 0 spiro atoms. The van der Waals surface area contributed by atoms with Crippen molar-refractivity contribution in [2.75, 3.05) is 32.7 Å². The third-order valence-electron chi connectivity index (χ3n) is 2.29. The number of thioether (sulfide) groups is 1. The van der Waals surface area contributed by atoms with Gasteiger partial charge in [0.15, 0.2) is 0 Å². The first-order valence-electron chi connectivity index (χ1n) is 5.84. The SMILES string of the molecule is COCCOCC(O)CSc1ccc(C(=O)O)cc1. The van der Waals surface area contributed by atoms with E-state index in [1.807, 2.05) is 0 Å². The van der Waals surface area contributed by atoms with Crippen LogP contribution in [-0.2, 0) is 9.47 Å². The van der Waals surface area contributed by atoms with Gasteiger partial charge < -0.3 is 19.7 Å². The summed E-state index contributed by atoms with van der Waals surface area (Å²) in [4.78, 5) is 11.6. The summed E-state index contributed by atoms with van der Waals surface area (Å²) in [5.41, 5.74) is 0.257. The van der Waals surface area contributed by atoms with Crippen LogP contribution >= 0.6 is 11.8 Å². The molecule has 0 bridgehead atoms. The Morgan fingerprint density at radius 2 is 2.00 bits per heavy atom. The van der Waals surface area contributed by atoms with Crippen LogP contribution in [0.3, 0.4) is 0 Å². The maximum Gasteiger partial charge on any atom is 0.335 e. The van der Waals surface area contributed by atoms with Gasteiger partial charge in [0.1, 0.15) is 0 Å². The smallest absolute Gasteiger partial charge is 0.335 e. The second-order valence-electron chi connectivity index (χ2n) is 3.86. The summed E-state index contributed by atoms with van der Waals surface area (Å²) in [6.45, 7) is 1.24. The Kier molecular flexibility index (Phi) is 7.50. The highest BCUT2D eigenvalue weighted by molar-refractivity contribution is 7.99. The van der Waals surface area contributed by atoms with Gasteiger partial charge in [-0.1, -0.05) is 0 Å². The van der Waals surface area contributed by atoms with E-state index < -0.39 is 12.1 Å². The molecule has 1 unspecified atom stereocenters. The fourth-order valence-corrected chi connectivity index (χ4v) is 2.11. The Labute approximate surface area is 116 Å². The molecule has 5 nitrogen and oxygen atoms in total. The fraction of sp³-hybridized carbons (Fsp3) is 0.462. The lowest BCUT2D eigenvalue weighted by atomic mass is 10.2. The van der Waals surface area contributed by atoms with Gasteiger partial charge in [0.2, 0.25) is 0 Å². The van der Waals surface area contributed by atoms with E-state index in [1.165, 1.54) is 11.8 Å². The lowest BCUT2D eigenvalue weighted by molar-refractivity contribution is 0.0218. The van der Waals surface area contributed by atoms with Crippen molar-refractivity contribution in [1.29, 1.82) is 0 Å². The number of aliphatic hydroxyl groups is 1. The zero-order valence-electron chi connectivity index (χ0n) is 10.7. The summed E-state index contributed by atoms with van der Waals surface area (Å²) in [5.74, 6) is -0.442. The van der Waals surface area contributed by atoms with Crippen molar-refractivity contribution in [2.45, 2.75) is 11.0 Å². The number of carbonyl (C=O) groups is 1. The van der Waals surface area contributed by atoms with E-state index in [0.29, 0.717) is 19.0 Å². The molecule has 0 fully saturated rings. The van der Waals surface area contributed by atoms with Crippen molar-refractivity contribution >= 4 is 17.7 Å². The van der Waals surface area contributed by atoms with Crippen LogP contribution in [0, 0.1) is 0 Å². The zero-order valence-corrected chi connectivity index (χ0v) is 11.6. The molecule has 0 aliphatic carbocycles. The molecular weight excluding hydrogens is 268 g/mol. The average Bonchev–Trinajstić information content (AvgIpc) is 2.42. The first-order valence-corrected chi connectivity index (χ1v) is 6.83. The summed E-state index contributed by atoms with van der Waals surface area (Å²) >= 11 is 1.46. The number of rotatable bonds is 9. The van der Waals surface area contributed by atoms with E-state index in [-0.39, 0.29) is 12.2 Å². The molecule has 0 heterocycles. The Morgan fingerprint density at radius 1 is 1.32 bits per heavy atom.